The van der Waals surface area contributed by atoms with Crippen molar-refractivity contribution in [3.63, 3.8) is 0 Å². The third-order valence-corrected chi connectivity index (χ3v) is 4.61. The zero-order valence-corrected chi connectivity index (χ0v) is 13.9. The summed E-state index contributed by atoms with van der Waals surface area (Å²) in [6.45, 7) is 4.91. The van der Waals surface area contributed by atoms with Gasteiger partial charge in [-0.15, -0.1) is 0 Å². The highest BCUT2D eigenvalue weighted by atomic mass is 79.9. The SMILES string of the molecule is Cc1ccc(C(=O)N2CCCc3cc(C)ccc32)c(Br)c1. The van der Waals surface area contributed by atoms with Gasteiger partial charge < -0.3 is 4.90 Å². The van der Waals surface area contributed by atoms with Gasteiger partial charge in [-0.25, -0.2) is 0 Å². The van der Waals surface area contributed by atoms with Gasteiger partial charge in [0, 0.05) is 16.7 Å². The van der Waals surface area contributed by atoms with Gasteiger partial charge in [-0.05, 0) is 71.9 Å². The molecule has 0 fully saturated rings. The van der Waals surface area contributed by atoms with Gasteiger partial charge in [0.2, 0.25) is 0 Å². The Hall–Kier alpha value is -1.61. The summed E-state index contributed by atoms with van der Waals surface area (Å²) >= 11 is 3.52. The minimum atomic E-state index is 0.0756. The fourth-order valence-electron chi connectivity index (χ4n) is 2.88. The predicted octanol–water partition coefficient (Wildman–Crippen LogP) is 4.66. The lowest BCUT2D eigenvalue weighted by Crippen LogP contribution is -2.35. The molecule has 1 aliphatic heterocycles. The second-order valence-corrected chi connectivity index (χ2v) is 6.53. The molecule has 2 nitrogen and oxygen atoms in total. The highest BCUT2D eigenvalue weighted by Crippen LogP contribution is 2.30. The molecule has 0 unspecified atom stereocenters. The van der Waals surface area contributed by atoms with Gasteiger partial charge in [0.05, 0.1) is 5.56 Å². The Morgan fingerprint density at radius 3 is 2.57 bits per heavy atom. The minimum Gasteiger partial charge on any atom is -0.308 e. The van der Waals surface area contributed by atoms with Crippen LogP contribution in [0.1, 0.15) is 33.5 Å². The Morgan fingerprint density at radius 2 is 1.81 bits per heavy atom. The molecule has 0 aromatic heterocycles. The van der Waals surface area contributed by atoms with E-state index in [1.165, 1.54) is 11.1 Å². The van der Waals surface area contributed by atoms with Crippen LogP contribution in [0.4, 0.5) is 5.69 Å². The molecule has 1 amide bonds. The molecular formula is C18H18BrNO. The summed E-state index contributed by atoms with van der Waals surface area (Å²) in [4.78, 5) is 14.8. The number of halogens is 1. The molecule has 3 rings (SSSR count). The van der Waals surface area contributed by atoms with Gasteiger partial charge in [0.25, 0.3) is 5.91 Å². The number of anilines is 1. The van der Waals surface area contributed by atoms with E-state index in [2.05, 4.69) is 41.1 Å². The molecule has 0 saturated carbocycles. The summed E-state index contributed by atoms with van der Waals surface area (Å²) in [5.74, 6) is 0.0756. The van der Waals surface area contributed by atoms with E-state index in [4.69, 9.17) is 0 Å². The van der Waals surface area contributed by atoms with Gasteiger partial charge in [-0.3, -0.25) is 4.79 Å². The van der Waals surface area contributed by atoms with E-state index < -0.39 is 0 Å². The van der Waals surface area contributed by atoms with Crippen LogP contribution in [-0.4, -0.2) is 12.5 Å². The molecule has 0 atom stereocenters. The van der Waals surface area contributed by atoms with Crippen molar-refractivity contribution < 1.29 is 4.79 Å². The Bertz CT molecular complexity index is 708. The first-order valence-electron chi connectivity index (χ1n) is 7.24. The van der Waals surface area contributed by atoms with Crippen LogP contribution in [0.25, 0.3) is 0 Å². The molecule has 0 N–H and O–H groups in total. The Kier molecular flexibility index (Phi) is 3.85. The number of benzene rings is 2. The smallest absolute Gasteiger partial charge is 0.259 e. The lowest BCUT2D eigenvalue weighted by molar-refractivity contribution is 0.0984. The molecule has 108 valence electrons. The Labute approximate surface area is 133 Å². The third-order valence-electron chi connectivity index (χ3n) is 3.95. The molecule has 1 heterocycles. The number of aryl methyl sites for hydroxylation is 3. The number of nitrogens with zero attached hydrogens (tertiary/aromatic N) is 1. The van der Waals surface area contributed by atoms with E-state index >= 15 is 0 Å². The largest absolute Gasteiger partial charge is 0.308 e. The van der Waals surface area contributed by atoms with Crippen molar-refractivity contribution in [3.8, 4) is 0 Å². The van der Waals surface area contributed by atoms with Crippen molar-refractivity contribution in [3.05, 3.63) is 63.1 Å². The number of carbonyl (C=O) groups is 1. The molecular weight excluding hydrogens is 326 g/mol. The summed E-state index contributed by atoms with van der Waals surface area (Å²) < 4.78 is 0.867. The fraction of sp³-hybridized carbons (Fsp3) is 0.278. The summed E-state index contributed by atoms with van der Waals surface area (Å²) in [6, 6.07) is 12.2. The second-order valence-electron chi connectivity index (χ2n) is 5.68. The van der Waals surface area contributed by atoms with Crippen LogP contribution in [0.2, 0.25) is 0 Å². The van der Waals surface area contributed by atoms with Gasteiger partial charge in [-0.1, -0.05) is 23.8 Å². The summed E-state index contributed by atoms with van der Waals surface area (Å²) in [5.41, 5.74) is 5.46. The zero-order chi connectivity index (χ0) is 15.0. The summed E-state index contributed by atoms with van der Waals surface area (Å²) in [6.07, 6.45) is 2.07. The van der Waals surface area contributed by atoms with Gasteiger partial charge in [-0.2, -0.15) is 0 Å². The van der Waals surface area contributed by atoms with Crippen molar-refractivity contribution in [2.24, 2.45) is 0 Å². The lowest BCUT2D eigenvalue weighted by atomic mass is 9.98. The minimum absolute atomic E-state index is 0.0756. The first-order chi connectivity index (χ1) is 10.1. The molecule has 0 saturated heterocycles. The molecule has 0 aliphatic carbocycles. The van der Waals surface area contributed by atoms with Crippen LogP contribution in [0.3, 0.4) is 0 Å². The molecule has 0 radical (unpaired) electrons. The average molecular weight is 344 g/mol. The van der Waals surface area contributed by atoms with Gasteiger partial charge in [0.1, 0.15) is 0 Å². The lowest BCUT2D eigenvalue weighted by Gasteiger charge is -2.30. The van der Waals surface area contributed by atoms with E-state index in [1.807, 2.05) is 30.0 Å². The number of carbonyl (C=O) groups excluding carboxylic acids is 1. The summed E-state index contributed by atoms with van der Waals surface area (Å²) in [7, 11) is 0. The first kappa shape index (κ1) is 14.3. The van der Waals surface area contributed by atoms with Crippen LogP contribution in [0, 0.1) is 13.8 Å². The van der Waals surface area contributed by atoms with E-state index in [9.17, 15) is 4.79 Å². The topological polar surface area (TPSA) is 20.3 Å². The molecule has 2 aromatic carbocycles. The van der Waals surface area contributed by atoms with E-state index in [1.54, 1.807) is 0 Å². The van der Waals surface area contributed by atoms with Crippen molar-refractivity contribution in [1.29, 1.82) is 0 Å². The van der Waals surface area contributed by atoms with Crippen molar-refractivity contribution >= 4 is 27.5 Å². The zero-order valence-electron chi connectivity index (χ0n) is 12.3. The quantitative estimate of drug-likeness (QED) is 0.737. The third kappa shape index (κ3) is 2.75. The van der Waals surface area contributed by atoms with Crippen LogP contribution in [0.5, 0.6) is 0 Å². The average Bonchev–Trinajstić information content (AvgIpc) is 2.45. The molecule has 0 bridgehead atoms. The molecule has 0 spiro atoms. The number of fused-ring (bicyclic) bond motifs is 1. The number of hydrogen-bond donors (Lipinski definition) is 0. The van der Waals surface area contributed by atoms with Crippen LogP contribution < -0.4 is 4.90 Å². The van der Waals surface area contributed by atoms with Crippen molar-refractivity contribution in [2.45, 2.75) is 26.7 Å². The van der Waals surface area contributed by atoms with Crippen LogP contribution >= 0.6 is 15.9 Å². The maximum Gasteiger partial charge on any atom is 0.259 e. The molecule has 3 heteroatoms. The number of amides is 1. The highest BCUT2D eigenvalue weighted by molar-refractivity contribution is 9.10. The second kappa shape index (κ2) is 5.64. The Morgan fingerprint density at radius 1 is 1.10 bits per heavy atom. The standard InChI is InChI=1S/C18H18BrNO/c1-12-6-8-17-14(10-12)4-3-9-20(17)18(21)15-7-5-13(2)11-16(15)19/h5-8,10-11H,3-4,9H2,1-2H3. The predicted molar refractivity (Wildman–Crippen MR) is 90.1 cm³/mol. The normalized spacial score (nSPS) is 14.0. The van der Waals surface area contributed by atoms with E-state index in [0.717, 1.165) is 40.7 Å². The molecule has 1 aliphatic rings. The maximum absolute atomic E-state index is 12.9. The first-order valence-corrected chi connectivity index (χ1v) is 8.03. The van der Waals surface area contributed by atoms with Gasteiger partial charge in [0.15, 0.2) is 0 Å². The number of rotatable bonds is 1. The highest BCUT2D eigenvalue weighted by Gasteiger charge is 2.24. The van der Waals surface area contributed by atoms with E-state index in [0.29, 0.717) is 0 Å². The monoisotopic (exact) mass is 343 g/mol. The maximum atomic E-state index is 12.9. The van der Waals surface area contributed by atoms with Crippen LogP contribution in [0.15, 0.2) is 40.9 Å². The fourth-order valence-corrected chi connectivity index (χ4v) is 3.54. The molecule has 21 heavy (non-hydrogen) atoms. The van der Waals surface area contributed by atoms with E-state index in [-0.39, 0.29) is 5.91 Å². The van der Waals surface area contributed by atoms with Crippen LogP contribution in [-0.2, 0) is 6.42 Å². The van der Waals surface area contributed by atoms with Crippen molar-refractivity contribution in [2.75, 3.05) is 11.4 Å². The summed E-state index contributed by atoms with van der Waals surface area (Å²) in [5, 5.41) is 0. The van der Waals surface area contributed by atoms with Crippen molar-refractivity contribution in [1.82, 2.24) is 0 Å². The molecule has 2 aromatic rings. The Balaban J connectivity index is 2.00. The number of hydrogen-bond acceptors (Lipinski definition) is 1. The van der Waals surface area contributed by atoms with Gasteiger partial charge >= 0.3 is 0 Å².